The van der Waals surface area contributed by atoms with E-state index in [0.717, 1.165) is 19.1 Å². The molecule has 0 amide bonds. The Morgan fingerprint density at radius 1 is 0.882 bits per heavy atom. The Morgan fingerprint density at radius 2 is 1.35 bits per heavy atom. The molecule has 0 aromatic rings. The van der Waals surface area contributed by atoms with Crippen molar-refractivity contribution in [3.63, 3.8) is 0 Å². The summed E-state index contributed by atoms with van der Waals surface area (Å²) in [4.78, 5) is 0. The molecule has 0 spiro atoms. The number of ether oxygens (including phenoxy) is 2. The van der Waals surface area contributed by atoms with Crippen molar-refractivity contribution in [3.05, 3.63) is 0 Å². The van der Waals surface area contributed by atoms with E-state index in [4.69, 9.17) is 9.47 Å². The van der Waals surface area contributed by atoms with Gasteiger partial charge in [0.05, 0.1) is 13.2 Å². The maximum Gasteiger partial charge on any atom is 0.0548 e. The van der Waals surface area contributed by atoms with Gasteiger partial charge < -0.3 is 9.47 Å². The number of methoxy groups -OCH3 is 2. The highest BCUT2D eigenvalue weighted by atomic mass is 16.5. The first-order valence-corrected chi connectivity index (χ1v) is 6.96. The van der Waals surface area contributed by atoms with Gasteiger partial charge in [0, 0.05) is 19.6 Å². The van der Waals surface area contributed by atoms with E-state index >= 15 is 0 Å². The van der Waals surface area contributed by atoms with E-state index in [1.165, 1.54) is 32.1 Å². The van der Waals surface area contributed by atoms with Gasteiger partial charge in [0.1, 0.15) is 0 Å². The van der Waals surface area contributed by atoms with Crippen LogP contribution in [0.3, 0.4) is 0 Å². The van der Waals surface area contributed by atoms with Crippen LogP contribution in [0, 0.1) is 16.7 Å². The molecule has 0 saturated heterocycles. The average molecular weight is 242 g/mol. The normalized spacial score (nSPS) is 19.6. The third kappa shape index (κ3) is 3.23. The Balaban J connectivity index is 2.94. The summed E-state index contributed by atoms with van der Waals surface area (Å²) in [6.45, 7) is 8.63. The minimum Gasteiger partial charge on any atom is -0.384 e. The standard InChI is InChI=1S/C15H30O2/c1-14(2,3)15(11-16-4,12-17-5)13-9-7-6-8-10-13/h13H,6-12H2,1-5H3. The first-order chi connectivity index (χ1) is 7.98. The van der Waals surface area contributed by atoms with Crippen LogP contribution in [0.25, 0.3) is 0 Å². The largest absolute Gasteiger partial charge is 0.384 e. The zero-order chi connectivity index (χ0) is 12.9. The Labute approximate surface area is 107 Å². The lowest BCUT2D eigenvalue weighted by atomic mass is 9.57. The van der Waals surface area contributed by atoms with Gasteiger partial charge >= 0.3 is 0 Å². The van der Waals surface area contributed by atoms with E-state index in [1.807, 2.05) is 14.2 Å². The van der Waals surface area contributed by atoms with Gasteiger partial charge in [-0.25, -0.2) is 0 Å². The zero-order valence-corrected chi connectivity index (χ0v) is 12.3. The van der Waals surface area contributed by atoms with Crippen molar-refractivity contribution >= 4 is 0 Å². The van der Waals surface area contributed by atoms with Crippen LogP contribution < -0.4 is 0 Å². The predicted molar refractivity (Wildman–Crippen MR) is 72.2 cm³/mol. The van der Waals surface area contributed by atoms with Gasteiger partial charge in [0.25, 0.3) is 0 Å². The molecule has 1 aliphatic carbocycles. The van der Waals surface area contributed by atoms with Crippen LogP contribution in [0.2, 0.25) is 0 Å². The Bertz CT molecular complexity index is 205. The highest BCUT2D eigenvalue weighted by molar-refractivity contribution is 4.96. The van der Waals surface area contributed by atoms with Gasteiger partial charge in [-0.15, -0.1) is 0 Å². The van der Waals surface area contributed by atoms with Gasteiger partial charge in [-0.2, -0.15) is 0 Å². The predicted octanol–water partition coefficient (Wildman–Crippen LogP) is 3.89. The molecule has 2 heteroatoms. The summed E-state index contributed by atoms with van der Waals surface area (Å²) in [5, 5.41) is 0. The summed E-state index contributed by atoms with van der Waals surface area (Å²) in [6, 6.07) is 0. The van der Waals surface area contributed by atoms with Crippen molar-refractivity contribution in [2.45, 2.75) is 52.9 Å². The maximum atomic E-state index is 5.56. The molecule has 0 heterocycles. The highest BCUT2D eigenvalue weighted by Gasteiger charge is 2.48. The molecule has 0 unspecified atom stereocenters. The van der Waals surface area contributed by atoms with E-state index in [-0.39, 0.29) is 10.8 Å². The van der Waals surface area contributed by atoms with Crippen molar-refractivity contribution in [1.82, 2.24) is 0 Å². The second kappa shape index (κ2) is 6.19. The zero-order valence-electron chi connectivity index (χ0n) is 12.3. The molecular formula is C15H30O2. The molecule has 0 bridgehead atoms. The number of rotatable bonds is 5. The van der Waals surface area contributed by atoms with Gasteiger partial charge in [0.15, 0.2) is 0 Å². The van der Waals surface area contributed by atoms with E-state index in [0.29, 0.717) is 0 Å². The molecule has 1 saturated carbocycles. The topological polar surface area (TPSA) is 18.5 Å². The number of hydrogen-bond donors (Lipinski definition) is 0. The van der Waals surface area contributed by atoms with E-state index < -0.39 is 0 Å². The van der Waals surface area contributed by atoms with Crippen molar-refractivity contribution in [2.24, 2.45) is 16.7 Å². The molecule has 0 aliphatic heterocycles. The quantitative estimate of drug-likeness (QED) is 0.728. The summed E-state index contributed by atoms with van der Waals surface area (Å²) < 4.78 is 11.1. The fraction of sp³-hybridized carbons (Fsp3) is 1.00. The van der Waals surface area contributed by atoms with E-state index in [1.54, 1.807) is 0 Å². The first-order valence-electron chi connectivity index (χ1n) is 6.96. The van der Waals surface area contributed by atoms with Gasteiger partial charge in [0.2, 0.25) is 0 Å². The van der Waals surface area contributed by atoms with Crippen LogP contribution in [0.15, 0.2) is 0 Å². The molecule has 0 aromatic heterocycles. The summed E-state index contributed by atoms with van der Waals surface area (Å²) in [6.07, 6.45) is 6.82. The third-order valence-corrected chi connectivity index (χ3v) is 4.68. The van der Waals surface area contributed by atoms with Gasteiger partial charge in [-0.3, -0.25) is 0 Å². The Hall–Kier alpha value is -0.0800. The Morgan fingerprint density at radius 3 is 1.71 bits per heavy atom. The third-order valence-electron chi connectivity index (χ3n) is 4.68. The molecule has 0 radical (unpaired) electrons. The van der Waals surface area contributed by atoms with E-state index in [2.05, 4.69) is 20.8 Å². The average Bonchev–Trinajstić information content (AvgIpc) is 2.28. The van der Waals surface area contributed by atoms with Crippen LogP contribution in [0.5, 0.6) is 0 Å². The maximum absolute atomic E-state index is 5.56. The monoisotopic (exact) mass is 242 g/mol. The molecule has 17 heavy (non-hydrogen) atoms. The second-order valence-corrected chi connectivity index (χ2v) is 6.61. The minimum atomic E-state index is 0.164. The summed E-state index contributed by atoms with van der Waals surface area (Å²) in [5.74, 6) is 0.746. The summed E-state index contributed by atoms with van der Waals surface area (Å²) >= 11 is 0. The molecule has 0 N–H and O–H groups in total. The van der Waals surface area contributed by atoms with Crippen molar-refractivity contribution < 1.29 is 9.47 Å². The molecule has 1 rings (SSSR count). The molecular weight excluding hydrogens is 212 g/mol. The Kier molecular flexibility index (Phi) is 5.46. The van der Waals surface area contributed by atoms with Crippen LogP contribution in [0.4, 0.5) is 0 Å². The number of hydrogen-bond acceptors (Lipinski definition) is 2. The van der Waals surface area contributed by atoms with Crippen molar-refractivity contribution in [3.8, 4) is 0 Å². The molecule has 2 nitrogen and oxygen atoms in total. The summed E-state index contributed by atoms with van der Waals surface area (Å²) in [7, 11) is 3.64. The van der Waals surface area contributed by atoms with Gasteiger partial charge in [-0.05, 0) is 24.2 Å². The lowest BCUT2D eigenvalue weighted by Crippen LogP contribution is -2.50. The van der Waals surface area contributed by atoms with Gasteiger partial charge in [-0.1, -0.05) is 40.0 Å². The molecule has 1 fully saturated rings. The lowest BCUT2D eigenvalue weighted by molar-refractivity contribution is -0.108. The lowest BCUT2D eigenvalue weighted by Gasteiger charge is -2.50. The fourth-order valence-corrected chi connectivity index (χ4v) is 3.49. The smallest absolute Gasteiger partial charge is 0.0548 e. The first kappa shape index (κ1) is 15.0. The fourth-order valence-electron chi connectivity index (χ4n) is 3.49. The minimum absolute atomic E-state index is 0.164. The molecule has 0 atom stereocenters. The van der Waals surface area contributed by atoms with Crippen molar-refractivity contribution in [2.75, 3.05) is 27.4 Å². The van der Waals surface area contributed by atoms with Crippen LogP contribution in [0.1, 0.15) is 52.9 Å². The van der Waals surface area contributed by atoms with Crippen LogP contribution in [-0.4, -0.2) is 27.4 Å². The SMILES string of the molecule is COCC(COC)(C1CCCCC1)C(C)(C)C. The van der Waals surface area contributed by atoms with Crippen LogP contribution in [-0.2, 0) is 9.47 Å². The van der Waals surface area contributed by atoms with Crippen molar-refractivity contribution in [1.29, 1.82) is 0 Å². The molecule has 0 aromatic carbocycles. The van der Waals surface area contributed by atoms with E-state index in [9.17, 15) is 0 Å². The van der Waals surface area contributed by atoms with Crippen LogP contribution >= 0.6 is 0 Å². The summed E-state index contributed by atoms with van der Waals surface area (Å²) in [5.41, 5.74) is 0.387. The molecule has 1 aliphatic rings. The highest BCUT2D eigenvalue weighted by Crippen LogP contribution is 2.50. The molecule has 102 valence electrons. The second-order valence-electron chi connectivity index (χ2n) is 6.61.